The van der Waals surface area contributed by atoms with Gasteiger partial charge in [-0.05, 0) is 107 Å². The number of para-hydroxylation sites is 4. The lowest BCUT2D eigenvalue weighted by Gasteiger charge is -2.12. The largest absolute Gasteiger partial charge is 0.309 e. The maximum absolute atomic E-state index is 2.43. The van der Waals surface area contributed by atoms with Gasteiger partial charge in [-0.1, -0.05) is 103 Å². The lowest BCUT2D eigenvalue weighted by molar-refractivity contribution is 1.14. The van der Waals surface area contributed by atoms with Crippen molar-refractivity contribution in [1.29, 1.82) is 0 Å². The quantitative estimate of drug-likeness (QED) is 0.165. The minimum Gasteiger partial charge on any atom is -0.309 e. The zero-order chi connectivity index (χ0) is 34.6. The van der Waals surface area contributed by atoms with Gasteiger partial charge in [-0.15, -0.1) is 0 Å². The molecule has 0 amide bonds. The van der Waals surface area contributed by atoms with Crippen LogP contribution in [0.5, 0.6) is 0 Å². The number of rotatable bonds is 4. The van der Waals surface area contributed by atoms with Gasteiger partial charge in [0.15, 0.2) is 0 Å². The molecule has 0 aliphatic carbocycles. The van der Waals surface area contributed by atoms with Gasteiger partial charge in [-0.2, -0.15) is 0 Å². The van der Waals surface area contributed by atoms with Crippen molar-refractivity contribution in [1.82, 2.24) is 13.7 Å². The molecule has 0 saturated carbocycles. The summed E-state index contributed by atoms with van der Waals surface area (Å²) in [5, 5.41) is 10.3. The summed E-state index contributed by atoms with van der Waals surface area (Å²) in [6.45, 7) is 0. The van der Waals surface area contributed by atoms with Crippen molar-refractivity contribution >= 4 is 76.2 Å². The molecule has 3 nitrogen and oxygen atoms in total. The van der Waals surface area contributed by atoms with Crippen molar-refractivity contribution in [2.24, 2.45) is 0 Å². The number of benzene rings is 9. The van der Waals surface area contributed by atoms with Crippen LogP contribution in [0.15, 0.2) is 188 Å². The summed E-state index contributed by atoms with van der Waals surface area (Å²) in [6.07, 6.45) is 0. The van der Waals surface area contributed by atoms with E-state index in [2.05, 4.69) is 202 Å². The highest BCUT2D eigenvalue weighted by molar-refractivity contribution is 6.25. The Morgan fingerprint density at radius 3 is 1.40 bits per heavy atom. The predicted molar refractivity (Wildman–Crippen MR) is 224 cm³/mol. The Hall–Kier alpha value is -7.10. The highest BCUT2D eigenvalue weighted by atomic mass is 15.0. The van der Waals surface area contributed by atoms with E-state index in [0.29, 0.717) is 0 Å². The molecule has 3 heteroatoms. The Morgan fingerprint density at radius 1 is 0.245 bits per heavy atom. The van der Waals surface area contributed by atoms with Gasteiger partial charge in [-0.25, -0.2) is 0 Å². The average Bonchev–Trinajstić information content (AvgIpc) is 3.86. The van der Waals surface area contributed by atoms with E-state index in [0.717, 1.165) is 11.4 Å². The Kier molecular flexibility index (Phi) is 5.77. The van der Waals surface area contributed by atoms with Crippen LogP contribution in [0.25, 0.3) is 104 Å². The molecule has 12 aromatic rings. The van der Waals surface area contributed by atoms with Crippen LogP contribution in [0.1, 0.15) is 0 Å². The van der Waals surface area contributed by atoms with Gasteiger partial charge in [0.25, 0.3) is 0 Å². The second-order valence-corrected chi connectivity index (χ2v) is 14.2. The van der Waals surface area contributed by atoms with Gasteiger partial charge in [0, 0.05) is 49.4 Å². The third-order valence-electron chi connectivity index (χ3n) is 11.4. The zero-order valence-electron chi connectivity index (χ0n) is 28.7. The van der Waals surface area contributed by atoms with Crippen LogP contribution in [0.3, 0.4) is 0 Å². The molecule has 3 aromatic heterocycles. The summed E-state index contributed by atoms with van der Waals surface area (Å²) in [7, 11) is 0. The Bertz CT molecular complexity index is 3320. The fourth-order valence-corrected chi connectivity index (χ4v) is 9.10. The van der Waals surface area contributed by atoms with Gasteiger partial charge >= 0.3 is 0 Å². The SMILES string of the molecule is c1ccc(-n2c3cccc4ccc5cc(-c6ccc7c(c6)c6ccccc6n7-c6ccc(-n7c8ccccc8c8ccccc87)cc6)cc2c5c43)cc1. The Morgan fingerprint density at radius 2 is 0.736 bits per heavy atom. The van der Waals surface area contributed by atoms with Crippen molar-refractivity contribution in [2.75, 3.05) is 0 Å². The van der Waals surface area contributed by atoms with Gasteiger partial charge < -0.3 is 13.7 Å². The summed E-state index contributed by atoms with van der Waals surface area (Å²) in [6, 6.07) is 69.0. The van der Waals surface area contributed by atoms with E-state index in [9.17, 15) is 0 Å². The smallest absolute Gasteiger partial charge is 0.0553 e. The fourth-order valence-electron chi connectivity index (χ4n) is 9.10. The van der Waals surface area contributed by atoms with Crippen molar-refractivity contribution in [3.8, 4) is 28.2 Å². The molecule has 53 heavy (non-hydrogen) atoms. The van der Waals surface area contributed by atoms with Crippen LogP contribution in [0.2, 0.25) is 0 Å². The molecule has 3 heterocycles. The first-order chi connectivity index (χ1) is 26.3. The third kappa shape index (κ3) is 3.99. The van der Waals surface area contributed by atoms with Crippen LogP contribution < -0.4 is 0 Å². The van der Waals surface area contributed by atoms with E-state index in [1.54, 1.807) is 0 Å². The zero-order valence-corrected chi connectivity index (χ0v) is 28.7. The molecule has 0 radical (unpaired) electrons. The lowest BCUT2D eigenvalue weighted by atomic mass is 9.96. The standard InChI is InChI=1S/C50H31N3/c1-2-12-36(13-3-1)53-47-20-10-11-32-21-22-34-29-35(31-48(53)50(34)49(32)47)33-23-28-46-42(30-33)41-16-6-9-19-45(41)52(46)38-26-24-37(25-27-38)51-43-17-7-4-14-39(43)40-15-5-8-18-44(40)51/h1-31H. The minimum absolute atomic E-state index is 1.15. The van der Waals surface area contributed by atoms with Gasteiger partial charge in [0.05, 0.1) is 33.1 Å². The number of hydrogen-bond donors (Lipinski definition) is 0. The molecule has 0 N–H and O–H groups in total. The van der Waals surface area contributed by atoms with E-state index in [1.807, 2.05) is 0 Å². The van der Waals surface area contributed by atoms with E-state index >= 15 is 0 Å². The molecule has 0 aliphatic rings. The van der Waals surface area contributed by atoms with Gasteiger partial charge in [0.1, 0.15) is 0 Å². The first-order valence-corrected chi connectivity index (χ1v) is 18.3. The molecule has 0 saturated heterocycles. The number of aromatic nitrogens is 3. The van der Waals surface area contributed by atoms with Crippen LogP contribution in [0, 0.1) is 0 Å². The van der Waals surface area contributed by atoms with Crippen molar-refractivity contribution < 1.29 is 0 Å². The Labute approximate surface area is 305 Å². The van der Waals surface area contributed by atoms with Gasteiger partial charge in [0.2, 0.25) is 0 Å². The highest BCUT2D eigenvalue weighted by Gasteiger charge is 2.19. The predicted octanol–water partition coefficient (Wildman–Crippen LogP) is 13.2. The summed E-state index contributed by atoms with van der Waals surface area (Å²) >= 11 is 0. The number of hydrogen-bond acceptors (Lipinski definition) is 0. The molecule has 0 unspecified atom stereocenters. The molecule has 9 aromatic carbocycles. The second kappa shape index (κ2) is 10.7. The third-order valence-corrected chi connectivity index (χ3v) is 11.4. The summed E-state index contributed by atoms with van der Waals surface area (Å²) in [5.74, 6) is 0. The molecule has 0 bridgehead atoms. The molecule has 0 spiro atoms. The minimum atomic E-state index is 1.15. The molecule has 0 aliphatic heterocycles. The van der Waals surface area contributed by atoms with Crippen LogP contribution in [-0.4, -0.2) is 13.7 Å². The fraction of sp³-hybridized carbons (Fsp3) is 0. The monoisotopic (exact) mass is 673 g/mol. The molecule has 0 atom stereocenters. The number of fused-ring (bicyclic) bond motifs is 6. The summed E-state index contributed by atoms with van der Waals surface area (Å²) < 4.78 is 7.22. The molecular weight excluding hydrogens is 643 g/mol. The maximum atomic E-state index is 2.43. The molecule has 246 valence electrons. The molecule has 0 fully saturated rings. The van der Waals surface area contributed by atoms with Crippen molar-refractivity contribution in [3.05, 3.63) is 188 Å². The van der Waals surface area contributed by atoms with Crippen LogP contribution >= 0.6 is 0 Å². The number of nitrogens with zero attached hydrogens (tertiary/aromatic N) is 3. The average molecular weight is 674 g/mol. The van der Waals surface area contributed by atoms with Crippen LogP contribution in [-0.2, 0) is 0 Å². The van der Waals surface area contributed by atoms with E-state index in [4.69, 9.17) is 0 Å². The van der Waals surface area contributed by atoms with Crippen LogP contribution in [0.4, 0.5) is 0 Å². The topological polar surface area (TPSA) is 14.8 Å². The first-order valence-electron chi connectivity index (χ1n) is 18.3. The highest BCUT2D eigenvalue weighted by Crippen LogP contribution is 2.42. The lowest BCUT2D eigenvalue weighted by Crippen LogP contribution is -1.97. The van der Waals surface area contributed by atoms with E-state index in [1.165, 1.54) is 93.0 Å². The van der Waals surface area contributed by atoms with E-state index in [-0.39, 0.29) is 0 Å². The molecule has 12 rings (SSSR count). The Balaban J connectivity index is 1.03. The van der Waals surface area contributed by atoms with Crippen molar-refractivity contribution in [2.45, 2.75) is 0 Å². The van der Waals surface area contributed by atoms with Gasteiger partial charge in [-0.3, -0.25) is 0 Å². The molecular formula is C50H31N3. The van der Waals surface area contributed by atoms with Crippen molar-refractivity contribution in [3.63, 3.8) is 0 Å². The normalized spacial score (nSPS) is 12.2. The van der Waals surface area contributed by atoms with E-state index < -0.39 is 0 Å². The maximum Gasteiger partial charge on any atom is 0.0553 e. The first kappa shape index (κ1) is 28.6. The second-order valence-electron chi connectivity index (χ2n) is 14.2. The summed E-state index contributed by atoms with van der Waals surface area (Å²) in [5.41, 5.74) is 13.2. The summed E-state index contributed by atoms with van der Waals surface area (Å²) in [4.78, 5) is 0.